The molecule has 160 valence electrons. The van der Waals surface area contributed by atoms with Crippen LogP contribution in [0.4, 0.5) is 5.82 Å². The van der Waals surface area contributed by atoms with Gasteiger partial charge in [-0.3, -0.25) is 9.69 Å². The summed E-state index contributed by atoms with van der Waals surface area (Å²) in [6.45, 7) is 3.68. The van der Waals surface area contributed by atoms with Crippen molar-refractivity contribution in [2.45, 2.75) is 44.3 Å². The molecular formula is C23H31N5O2. The van der Waals surface area contributed by atoms with Gasteiger partial charge in [0.05, 0.1) is 12.2 Å². The van der Waals surface area contributed by atoms with E-state index in [4.69, 9.17) is 9.72 Å². The Kier molecular flexibility index (Phi) is 6.59. The van der Waals surface area contributed by atoms with Crippen LogP contribution in [0.1, 0.15) is 42.3 Å². The van der Waals surface area contributed by atoms with Gasteiger partial charge in [-0.05, 0) is 25.5 Å². The van der Waals surface area contributed by atoms with E-state index < -0.39 is 0 Å². The fourth-order valence-electron chi connectivity index (χ4n) is 4.33. The Balaban J connectivity index is 1.46. The molecule has 1 amide bonds. The number of nitrogens with one attached hydrogen (secondary N) is 1. The fourth-order valence-corrected chi connectivity index (χ4v) is 4.33. The predicted molar refractivity (Wildman–Crippen MR) is 116 cm³/mol. The highest BCUT2D eigenvalue weighted by Gasteiger charge is 2.32. The van der Waals surface area contributed by atoms with Crippen LogP contribution in [0.15, 0.2) is 36.4 Å². The van der Waals surface area contributed by atoms with Crippen LogP contribution in [0, 0.1) is 0 Å². The summed E-state index contributed by atoms with van der Waals surface area (Å²) in [5.74, 6) is 1.90. The van der Waals surface area contributed by atoms with Crippen molar-refractivity contribution in [3.05, 3.63) is 53.5 Å². The van der Waals surface area contributed by atoms with Gasteiger partial charge in [-0.25, -0.2) is 9.97 Å². The second kappa shape index (κ2) is 9.53. The highest BCUT2D eigenvalue weighted by atomic mass is 16.5. The SMILES string of the molecule is CNc1cc([C@H]2CC(=O)N(Cc3ccccc3)C2)nc(CN(C)C2CCOCC2)n1. The molecule has 2 aromatic rings. The van der Waals surface area contributed by atoms with Gasteiger partial charge in [0, 0.05) is 57.8 Å². The van der Waals surface area contributed by atoms with Gasteiger partial charge in [-0.1, -0.05) is 30.3 Å². The van der Waals surface area contributed by atoms with E-state index in [1.807, 2.05) is 36.2 Å². The smallest absolute Gasteiger partial charge is 0.223 e. The minimum atomic E-state index is 0.100. The lowest BCUT2D eigenvalue weighted by Gasteiger charge is -2.30. The zero-order chi connectivity index (χ0) is 20.9. The van der Waals surface area contributed by atoms with Gasteiger partial charge in [0.2, 0.25) is 5.91 Å². The molecule has 0 saturated carbocycles. The van der Waals surface area contributed by atoms with E-state index >= 15 is 0 Å². The maximum absolute atomic E-state index is 12.6. The molecule has 4 rings (SSSR count). The highest BCUT2D eigenvalue weighted by Crippen LogP contribution is 2.29. The summed E-state index contributed by atoms with van der Waals surface area (Å²) in [6.07, 6.45) is 2.59. The molecule has 2 aliphatic heterocycles. The molecule has 1 N–H and O–H groups in total. The first-order valence-corrected chi connectivity index (χ1v) is 10.8. The molecule has 0 radical (unpaired) electrons. The van der Waals surface area contributed by atoms with Crippen molar-refractivity contribution < 1.29 is 9.53 Å². The van der Waals surface area contributed by atoms with E-state index in [0.29, 0.717) is 32.1 Å². The van der Waals surface area contributed by atoms with Crippen molar-refractivity contribution >= 4 is 11.7 Å². The molecule has 7 heteroatoms. The Hall–Kier alpha value is -2.51. The molecule has 1 atom stereocenters. The molecule has 2 fully saturated rings. The lowest BCUT2D eigenvalue weighted by Crippen LogP contribution is -2.36. The molecule has 7 nitrogen and oxygen atoms in total. The summed E-state index contributed by atoms with van der Waals surface area (Å²) in [6, 6.07) is 12.6. The first kappa shape index (κ1) is 20.8. The average molecular weight is 410 g/mol. The molecule has 0 spiro atoms. The van der Waals surface area contributed by atoms with E-state index in [1.54, 1.807) is 0 Å². The van der Waals surface area contributed by atoms with Crippen LogP contribution >= 0.6 is 0 Å². The Morgan fingerprint density at radius 1 is 1.20 bits per heavy atom. The van der Waals surface area contributed by atoms with Gasteiger partial charge < -0.3 is 15.0 Å². The standard InChI is InChI=1S/C23H31N5O2/c1-24-21-13-20(25-22(26-21)16-27(2)19-8-10-30-11-9-19)18-12-23(29)28(15-18)14-17-6-4-3-5-7-17/h3-7,13,18-19H,8-12,14-16H2,1-2H3,(H,24,25,26)/t18-/m0/s1. The quantitative estimate of drug-likeness (QED) is 0.758. The van der Waals surface area contributed by atoms with E-state index in [1.165, 1.54) is 0 Å². The molecule has 1 aromatic carbocycles. The summed E-state index contributed by atoms with van der Waals surface area (Å²) >= 11 is 0. The Labute approximate surface area is 178 Å². The number of hydrogen-bond donors (Lipinski definition) is 1. The first-order valence-electron chi connectivity index (χ1n) is 10.8. The number of likely N-dealkylation sites (tertiary alicyclic amines) is 1. The zero-order valence-electron chi connectivity index (χ0n) is 17.9. The van der Waals surface area contributed by atoms with Crippen LogP contribution in [0.5, 0.6) is 0 Å². The summed E-state index contributed by atoms with van der Waals surface area (Å²) in [4.78, 5) is 26.4. The molecule has 0 aliphatic carbocycles. The Bertz CT molecular complexity index is 854. The zero-order valence-corrected chi connectivity index (χ0v) is 17.9. The van der Waals surface area contributed by atoms with Gasteiger partial charge in [0.15, 0.2) is 0 Å². The minimum Gasteiger partial charge on any atom is -0.381 e. The Morgan fingerprint density at radius 3 is 2.70 bits per heavy atom. The number of nitrogens with zero attached hydrogens (tertiary/aromatic N) is 4. The molecular weight excluding hydrogens is 378 g/mol. The lowest BCUT2D eigenvalue weighted by molar-refractivity contribution is -0.128. The Morgan fingerprint density at radius 2 is 1.97 bits per heavy atom. The van der Waals surface area contributed by atoms with Gasteiger partial charge in [-0.15, -0.1) is 0 Å². The van der Waals surface area contributed by atoms with Crippen LogP contribution in [-0.2, 0) is 22.6 Å². The summed E-state index contributed by atoms with van der Waals surface area (Å²) in [7, 11) is 4.01. The number of carbonyl (C=O) groups excluding carboxylic acids is 1. The fraction of sp³-hybridized carbons (Fsp3) is 0.522. The maximum Gasteiger partial charge on any atom is 0.223 e. The van der Waals surface area contributed by atoms with E-state index in [2.05, 4.69) is 34.4 Å². The summed E-state index contributed by atoms with van der Waals surface area (Å²) in [5, 5.41) is 3.16. The minimum absolute atomic E-state index is 0.100. The molecule has 30 heavy (non-hydrogen) atoms. The first-order chi connectivity index (χ1) is 14.6. The lowest BCUT2D eigenvalue weighted by atomic mass is 10.0. The van der Waals surface area contributed by atoms with Crippen molar-refractivity contribution in [1.82, 2.24) is 19.8 Å². The predicted octanol–water partition coefficient (Wildman–Crippen LogP) is 2.65. The third-order valence-electron chi connectivity index (χ3n) is 6.10. The number of aromatic nitrogens is 2. The topological polar surface area (TPSA) is 70.6 Å². The highest BCUT2D eigenvalue weighted by molar-refractivity contribution is 5.79. The van der Waals surface area contributed by atoms with Crippen LogP contribution in [-0.4, -0.2) is 65.6 Å². The molecule has 1 aromatic heterocycles. The monoisotopic (exact) mass is 409 g/mol. The number of amides is 1. The third-order valence-corrected chi connectivity index (χ3v) is 6.10. The van der Waals surface area contributed by atoms with Crippen molar-refractivity contribution in [2.24, 2.45) is 0 Å². The van der Waals surface area contributed by atoms with Crippen LogP contribution in [0.25, 0.3) is 0 Å². The number of ether oxygens (including phenoxy) is 1. The van der Waals surface area contributed by atoms with Gasteiger partial charge in [-0.2, -0.15) is 0 Å². The van der Waals surface area contributed by atoms with Crippen LogP contribution < -0.4 is 5.32 Å². The third kappa shape index (κ3) is 4.96. The number of hydrogen-bond acceptors (Lipinski definition) is 6. The van der Waals surface area contributed by atoms with Crippen molar-refractivity contribution in [3.63, 3.8) is 0 Å². The van der Waals surface area contributed by atoms with Crippen molar-refractivity contribution in [1.29, 1.82) is 0 Å². The largest absolute Gasteiger partial charge is 0.381 e. The molecule has 0 unspecified atom stereocenters. The van der Waals surface area contributed by atoms with Gasteiger partial charge in [0.25, 0.3) is 0 Å². The molecule has 0 bridgehead atoms. The van der Waals surface area contributed by atoms with E-state index in [0.717, 1.165) is 49.0 Å². The van der Waals surface area contributed by atoms with Crippen molar-refractivity contribution in [2.75, 3.05) is 39.2 Å². The number of rotatable bonds is 7. The van der Waals surface area contributed by atoms with Gasteiger partial charge in [0.1, 0.15) is 11.6 Å². The maximum atomic E-state index is 12.6. The summed E-state index contributed by atoms with van der Waals surface area (Å²) in [5.41, 5.74) is 2.11. The molecule has 2 saturated heterocycles. The van der Waals surface area contributed by atoms with Crippen LogP contribution in [0.2, 0.25) is 0 Å². The number of anilines is 1. The second-order valence-electron chi connectivity index (χ2n) is 8.26. The normalized spacial score (nSPS) is 20.2. The van der Waals surface area contributed by atoms with E-state index in [-0.39, 0.29) is 11.8 Å². The number of carbonyl (C=O) groups is 1. The number of benzene rings is 1. The summed E-state index contributed by atoms with van der Waals surface area (Å²) < 4.78 is 5.48. The second-order valence-corrected chi connectivity index (χ2v) is 8.26. The van der Waals surface area contributed by atoms with E-state index in [9.17, 15) is 4.79 Å². The molecule has 3 heterocycles. The van der Waals surface area contributed by atoms with Crippen molar-refractivity contribution in [3.8, 4) is 0 Å². The van der Waals surface area contributed by atoms with Crippen LogP contribution in [0.3, 0.4) is 0 Å². The molecule has 2 aliphatic rings. The average Bonchev–Trinajstić information content (AvgIpc) is 3.15. The van der Waals surface area contributed by atoms with Gasteiger partial charge >= 0.3 is 0 Å².